The van der Waals surface area contributed by atoms with Gasteiger partial charge in [0.15, 0.2) is 0 Å². The summed E-state index contributed by atoms with van der Waals surface area (Å²) in [5.74, 6) is 2.06. The van der Waals surface area contributed by atoms with Gasteiger partial charge < -0.3 is 10.2 Å². The van der Waals surface area contributed by atoms with Gasteiger partial charge in [-0.25, -0.2) is 9.97 Å². The number of nitrogens with zero attached hydrogens (tertiary/aromatic N) is 4. The summed E-state index contributed by atoms with van der Waals surface area (Å²) in [6.07, 6.45) is 5.75. The van der Waals surface area contributed by atoms with Gasteiger partial charge >= 0.3 is 0 Å². The Hall–Kier alpha value is -2.50. The SMILES string of the molecule is Cc1nc(C(=O)NCc2ccncc2)cc(N2CCC(C)CC2)n1. The van der Waals surface area contributed by atoms with Gasteiger partial charge in [-0.2, -0.15) is 0 Å². The first-order valence-corrected chi connectivity index (χ1v) is 8.39. The molecular weight excluding hydrogens is 302 g/mol. The lowest BCUT2D eigenvalue weighted by Crippen LogP contribution is -2.34. The Morgan fingerprint density at radius 2 is 1.96 bits per heavy atom. The maximum atomic E-state index is 12.4. The minimum Gasteiger partial charge on any atom is -0.356 e. The molecule has 0 bridgehead atoms. The summed E-state index contributed by atoms with van der Waals surface area (Å²) in [6.45, 7) is 6.53. The second-order valence-corrected chi connectivity index (χ2v) is 6.37. The molecule has 24 heavy (non-hydrogen) atoms. The summed E-state index contributed by atoms with van der Waals surface area (Å²) in [7, 11) is 0. The van der Waals surface area contributed by atoms with Crippen LogP contribution in [-0.2, 0) is 6.54 Å². The normalized spacial score (nSPS) is 15.3. The van der Waals surface area contributed by atoms with E-state index in [0.29, 0.717) is 18.1 Å². The molecule has 3 heterocycles. The van der Waals surface area contributed by atoms with Gasteiger partial charge in [-0.3, -0.25) is 9.78 Å². The molecule has 1 aliphatic rings. The largest absolute Gasteiger partial charge is 0.356 e. The molecule has 2 aromatic rings. The van der Waals surface area contributed by atoms with Crippen LogP contribution in [0, 0.1) is 12.8 Å². The molecule has 0 radical (unpaired) electrons. The predicted octanol–water partition coefficient (Wildman–Crippen LogP) is 2.35. The molecule has 0 saturated carbocycles. The van der Waals surface area contributed by atoms with Crippen molar-refractivity contribution in [3.63, 3.8) is 0 Å². The Bertz CT molecular complexity index is 696. The Morgan fingerprint density at radius 3 is 2.67 bits per heavy atom. The molecule has 2 aromatic heterocycles. The third-order valence-corrected chi connectivity index (χ3v) is 4.37. The molecule has 1 amide bonds. The summed E-state index contributed by atoms with van der Waals surface area (Å²) < 4.78 is 0. The number of anilines is 1. The first-order chi connectivity index (χ1) is 11.6. The van der Waals surface area contributed by atoms with E-state index in [-0.39, 0.29) is 5.91 Å². The molecule has 1 N–H and O–H groups in total. The van der Waals surface area contributed by atoms with E-state index in [1.165, 1.54) is 0 Å². The second-order valence-electron chi connectivity index (χ2n) is 6.37. The van der Waals surface area contributed by atoms with Crippen molar-refractivity contribution in [2.75, 3.05) is 18.0 Å². The zero-order chi connectivity index (χ0) is 16.9. The fraction of sp³-hybridized carbons (Fsp3) is 0.444. The number of hydrogen-bond acceptors (Lipinski definition) is 5. The number of hydrogen-bond donors (Lipinski definition) is 1. The molecular formula is C18H23N5O. The number of amides is 1. The zero-order valence-corrected chi connectivity index (χ0v) is 14.2. The van der Waals surface area contributed by atoms with E-state index in [1.54, 1.807) is 18.5 Å². The van der Waals surface area contributed by atoms with Crippen molar-refractivity contribution in [1.82, 2.24) is 20.3 Å². The molecule has 1 fully saturated rings. The molecule has 6 nitrogen and oxygen atoms in total. The molecule has 0 unspecified atom stereocenters. The first kappa shape index (κ1) is 16.4. The van der Waals surface area contributed by atoms with Crippen LogP contribution in [0.4, 0.5) is 5.82 Å². The molecule has 1 aliphatic heterocycles. The predicted molar refractivity (Wildman–Crippen MR) is 92.8 cm³/mol. The van der Waals surface area contributed by atoms with Crippen LogP contribution in [0.25, 0.3) is 0 Å². The van der Waals surface area contributed by atoms with Crippen LogP contribution in [-0.4, -0.2) is 33.9 Å². The Labute approximate surface area is 142 Å². The third-order valence-electron chi connectivity index (χ3n) is 4.37. The summed E-state index contributed by atoms with van der Waals surface area (Å²) in [5.41, 5.74) is 1.43. The highest BCUT2D eigenvalue weighted by molar-refractivity contribution is 5.92. The van der Waals surface area contributed by atoms with Gasteiger partial charge in [0.1, 0.15) is 17.3 Å². The smallest absolute Gasteiger partial charge is 0.270 e. The van der Waals surface area contributed by atoms with Crippen LogP contribution in [0.15, 0.2) is 30.6 Å². The van der Waals surface area contributed by atoms with Crippen molar-refractivity contribution in [2.45, 2.75) is 33.2 Å². The lowest BCUT2D eigenvalue weighted by Gasteiger charge is -2.31. The van der Waals surface area contributed by atoms with E-state index in [9.17, 15) is 4.79 Å². The molecule has 3 rings (SSSR count). The lowest BCUT2D eigenvalue weighted by molar-refractivity contribution is 0.0945. The quantitative estimate of drug-likeness (QED) is 0.934. The van der Waals surface area contributed by atoms with E-state index in [1.807, 2.05) is 19.1 Å². The lowest BCUT2D eigenvalue weighted by atomic mass is 9.99. The van der Waals surface area contributed by atoms with Crippen molar-refractivity contribution in [1.29, 1.82) is 0 Å². The van der Waals surface area contributed by atoms with E-state index in [0.717, 1.165) is 43.2 Å². The number of pyridine rings is 1. The standard InChI is InChI=1S/C18H23N5O/c1-13-5-9-23(10-6-13)17-11-16(21-14(2)22-17)18(24)20-12-15-3-7-19-8-4-15/h3-4,7-8,11,13H,5-6,9-10,12H2,1-2H3,(H,20,24). The van der Waals surface area contributed by atoms with Crippen LogP contribution in [0.3, 0.4) is 0 Å². The zero-order valence-electron chi connectivity index (χ0n) is 14.2. The highest BCUT2D eigenvalue weighted by Crippen LogP contribution is 2.21. The highest BCUT2D eigenvalue weighted by Gasteiger charge is 2.19. The molecule has 0 aliphatic carbocycles. The van der Waals surface area contributed by atoms with Gasteiger partial charge in [0.05, 0.1) is 0 Å². The molecule has 1 saturated heterocycles. The number of nitrogens with one attached hydrogen (secondary N) is 1. The minimum absolute atomic E-state index is 0.177. The van der Waals surface area contributed by atoms with Gasteiger partial charge in [0.2, 0.25) is 0 Å². The fourth-order valence-corrected chi connectivity index (χ4v) is 2.84. The second kappa shape index (κ2) is 7.38. The van der Waals surface area contributed by atoms with Crippen molar-refractivity contribution in [2.24, 2.45) is 5.92 Å². The van der Waals surface area contributed by atoms with Crippen molar-refractivity contribution < 1.29 is 4.79 Å². The topological polar surface area (TPSA) is 71.0 Å². The van der Waals surface area contributed by atoms with Crippen LogP contribution in [0.1, 0.15) is 41.6 Å². The van der Waals surface area contributed by atoms with Crippen LogP contribution >= 0.6 is 0 Å². The number of aryl methyl sites for hydroxylation is 1. The maximum Gasteiger partial charge on any atom is 0.270 e. The van der Waals surface area contributed by atoms with E-state index in [2.05, 4.69) is 32.1 Å². The highest BCUT2D eigenvalue weighted by atomic mass is 16.1. The average molecular weight is 325 g/mol. The summed E-state index contributed by atoms with van der Waals surface area (Å²) >= 11 is 0. The Balaban J connectivity index is 1.69. The van der Waals surface area contributed by atoms with Crippen molar-refractivity contribution in [3.05, 3.63) is 47.7 Å². The van der Waals surface area contributed by atoms with Gasteiger partial charge in [0, 0.05) is 38.1 Å². The Kier molecular flexibility index (Phi) is 5.03. The number of rotatable bonds is 4. The van der Waals surface area contributed by atoms with Crippen LogP contribution in [0.2, 0.25) is 0 Å². The van der Waals surface area contributed by atoms with Crippen LogP contribution in [0.5, 0.6) is 0 Å². The Morgan fingerprint density at radius 1 is 1.25 bits per heavy atom. The summed E-state index contributed by atoms with van der Waals surface area (Å²) in [6, 6.07) is 5.56. The number of carbonyl (C=O) groups is 1. The number of piperidine rings is 1. The fourth-order valence-electron chi connectivity index (χ4n) is 2.84. The summed E-state index contributed by atoms with van der Waals surface area (Å²) in [5, 5.41) is 2.90. The van der Waals surface area contributed by atoms with Gasteiger partial charge in [0.25, 0.3) is 5.91 Å². The summed E-state index contributed by atoms with van der Waals surface area (Å²) in [4.78, 5) is 27.4. The molecule has 6 heteroatoms. The van der Waals surface area contributed by atoms with Crippen molar-refractivity contribution in [3.8, 4) is 0 Å². The van der Waals surface area contributed by atoms with Crippen LogP contribution < -0.4 is 10.2 Å². The van der Waals surface area contributed by atoms with E-state index >= 15 is 0 Å². The molecule has 0 atom stereocenters. The first-order valence-electron chi connectivity index (χ1n) is 8.39. The number of aromatic nitrogens is 3. The van der Waals surface area contributed by atoms with E-state index < -0.39 is 0 Å². The van der Waals surface area contributed by atoms with E-state index in [4.69, 9.17) is 0 Å². The minimum atomic E-state index is -0.177. The van der Waals surface area contributed by atoms with Gasteiger partial charge in [-0.05, 0) is 43.4 Å². The molecule has 0 aromatic carbocycles. The molecule has 0 spiro atoms. The third kappa shape index (κ3) is 4.07. The van der Waals surface area contributed by atoms with Crippen molar-refractivity contribution >= 4 is 11.7 Å². The monoisotopic (exact) mass is 325 g/mol. The number of carbonyl (C=O) groups excluding carboxylic acids is 1. The maximum absolute atomic E-state index is 12.4. The average Bonchev–Trinajstić information content (AvgIpc) is 2.60. The van der Waals surface area contributed by atoms with Gasteiger partial charge in [-0.1, -0.05) is 6.92 Å². The molecule has 126 valence electrons. The van der Waals surface area contributed by atoms with Gasteiger partial charge in [-0.15, -0.1) is 0 Å².